The van der Waals surface area contributed by atoms with Crippen molar-refractivity contribution in [1.29, 1.82) is 0 Å². The second-order valence-electron chi connectivity index (χ2n) is 11.0. The van der Waals surface area contributed by atoms with Crippen LogP contribution in [0.2, 0.25) is 18.1 Å². The monoisotopic (exact) mass is 582 g/mol. The van der Waals surface area contributed by atoms with E-state index in [2.05, 4.69) is 38.8 Å². The summed E-state index contributed by atoms with van der Waals surface area (Å²) in [7, 11) is -2.12. The van der Waals surface area contributed by atoms with Crippen LogP contribution in [-0.4, -0.2) is 43.8 Å². The molecular weight excluding hydrogens is 546 g/mol. The van der Waals surface area contributed by atoms with Crippen LogP contribution in [-0.2, 0) is 31.9 Å². The van der Waals surface area contributed by atoms with E-state index in [1.807, 2.05) is 6.92 Å². The molecule has 0 radical (unpaired) electrons. The van der Waals surface area contributed by atoms with Gasteiger partial charge in [0.1, 0.15) is 17.6 Å². The Morgan fingerprint density at radius 2 is 1.97 bits per heavy atom. The third-order valence-corrected chi connectivity index (χ3v) is 12.1. The zero-order chi connectivity index (χ0) is 29.1. The van der Waals surface area contributed by atoms with Gasteiger partial charge < -0.3 is 22.6 Å². The van der Waals surface area contributed by atoms with Gasteiger partial charge >= 0.3 is 5.69 Å². The van der Waals surface area contributed by atoms with Gasteiger partial charge in [-0.25, -0.2) is 9.00 Å². The largest absolute Gasteiger partial charge is 0.740 e. The summed E-state index contributed by atoms with van der Waals surface area (Å²) in [5.41, 5.74) is -0.356. The summed E-state index contributed by atoms with van der Waals surface area (Å²) in [4.78, 5) is 27.7. The predicted molar refractivity (Wildman–Crippen MR) is 145 cm³/mol. The van der Waals surface area contributed by atoms with E-state index in [0.29, 0.717) is 18.4 Å². The zero-order valence-electron chi connectivity index (χ0n) is 23.2. The topological polar surface area (TPSA) is 155 Å². The lowest BCUT2D eigenvalue weighted by atomic mass is 10.1. The molecule has 1 aromatic carbocycles. The molecule has 3 rings (SSSR count). The number of nitro benzene ring substituents is 1. The molecule has 1 aliphatic rings. The smallest absolute Gasteiger partial charge is 0.353 e. The van der Waals surface area contributed by atoms with Gasteiger partial charge in [0.15, 0.2) is 8.32 Å². The fraction of sp³-hybridized carbons (Fsp3) is 0.600. The summed E-state index contributed by atoms with van der Waals surface area (Å²) in [6.07, 6.45) is 0.603. The molecule has 1 aromatic heterocycles. The van der Waals surface area contributed by atoms with Crippen LogP contribution in [0, 0.1) is 10.1 Å². The minimum absolute atomic E-state index is 0.0102. The number of ether oxygens (including phenoxy) is 2. The van der Waals surface area contributed by atoms with E-state index >= 15 is 0 Å². The van der Waals surface area contributed by atoms with Crippen molar-refractivity contribution in [3.63, 3.8) is 0 Å². The lowest BCUT2D eigenvalue weighted by Crippen LogP contribution is -2.45. The fourth-order valence-corrected chi connectivity index (χ4v) is 5.78. The Morgan fingerprint density at radius 1 is 1.31 bits per heavy atom. The highest BCUT2D eigenvalue weighted by Gasteiger charge is 2.44. The molecule has 3 unspecified atom stereocenters. The van der Waals surface area contributed by atoms with Gasteiger partial charge in [0, 0.05) is 18.7 Å². The van der Waals surface area contributed by atoms with Crippen LogP contribution in [0.5, 0.6) is 5.88 Å². The number of nitrogens with zero attached hydrogens (tertiary/aromatic N) is 3. The average Bonchev–Trinajstić information content (AvgIpc) is 3.23. The van der Waals surface area contributed by atoms with Crippen LogP contribution in [0.3, 0.4) is 0 Å². The highest BCUT2D eigenvalue weighted by Crippen LogP contribution is 2.41. The van der Waals surface area contributed by atoms with Crippen molar-refractivity contribution in [2.75, 3.05) is 0 Å². The number of hydrogen-bond donors (Lipinski definition) is 0. The first kappa shape index (κ1) is 31.0. The Balaban J connectivity index is 1.89. The van der Waals surface area contributed by atoms with E-state index in [4.69, 9.17) is 18.1 Å². The van der Waals surface area contributed by atoms with Crippen LogP contribution >= 0.6 is 0 Å². The molecule has 0 spiro atoms. The van der Waals surface area contributed by atoms with E-state index in [9.17, 15) is 23.7 Å². The molecule has 1 aliphatic heterocycles. The number of aromatic nitrogens is 2. The number of hydrogen-bond acceptors (Lipinski definition) is 10. The van der Waals surface area contributed by atoms with Crippen LogP contribution in [0.25, 0.3) is 0 Å². The molecule has 0 bridgehead atoms. The minimum Gasteiger partial charge on any atom is -0.740 e. The Hall–Kier alpha value is -2.49. The first-order chi connectivity index (χ1) is 18.1. The maximum atomic E-state index is 12.9. The van der Waals surface area contributed by atoms with Crippen molar-refractivity contribution in [3.8, 4) is 5.88 Å². The Labute approximate surface area is 231 Å². The summed E-state index contributed by atoms with van der Waals surface area (Å²) < 4.78 is 47.2. The van der Waals surface area contributed by atoms with E-state index in [0.717, 1.165) is 0 Å². The maximum absolute atomic E-state index is 12.9. The van der Waals surface area contributed by atoms with E-state index < -0.39 is 48.5 Å². The predicted octanol–water partition coefficient (Wildman–Crippen LogP) is 4.69. The van der Waals surface area contributed by atoms with Crippen molar-refractivity contribution in [2.24, 2.45) is 0 Å². The highest BCUT2D eigenvalue weighted by atomic mass is 32.2. The second-order valence-corrected chi connectivity index (χ2v) is 16.3. The number of nitro groups is 1. The van der Waals surface area contributed by atoms with Crippen LogP contribution in [0.4, 0.5) is 5.69 Å². The molecule has 216 valence electrons. The number of rotatable bonds is 11. The van der Waals surface area contributed by atoms with Gasteiger partial charge in [0.2, 0.25) is 5.88 Å². The molecule has 12 nitrogen and oxygen atoms in total. The van der Waals surface area contributed by atoms with Gasteiger partial charge in [-0.3, -0.25) is 14.7 Å². The van der Waals surface area contributed by atoms with Gasteiger partial charge in [-0.1, -0.05) is 39.8 Å². The van der Waals surface area contributed by atoms with Crippen molar-refractivity contribution in [1.82, 2.24) is 9.55 Å². The summed E-state index contributed by atoms with van der Waals surface area (Å²) in [5.74, 6) is -0.432. The lowest BCUT2D eigenvalue weighted by Gasteiger charge is -2.39. The molecule has 2 aromatic rings. The molecule has 0 aliphatic carbocycles. The Bertz CT molecular complexity index is 1260. The second kappa shape index (κ2) is 12.4. The number of para-hydroxylation sites is 1. The molecule has 0 amide bonds. The average molecular weight is 583 g/mol. The lowest BCUT2D eigenvalue weighted by molar-refractivity contribution is -0.386. The third-order valence-electron chi connectivity index (χ3n) is 7.34. The molecular formula is C25H36N3O9SSi-. The van der Waals surface area contributed by atoms with Gasteiger partial charge in [0.05, 0.1) is 41.0 Å². The molecule has 1 fully saturated rings. The quantitative estimate of drug-likeness (QED) is 0.158. The summed E-state index contributed by atoms with van der Waals surface area (Å²) >= 11 is -2.99. The van der Waals surface area contributed by atoms with Crippen LogP contribution in [0.15, 0.2) is 35.3 Å². The summed E-state index contributed by atoms with van der Waals surface area (Å²) in [5, 5.41) is 11.4. The number of benzene rings is 1. The van der Waals surface area contributed by atoms with Crippen molar-refractivity contribution in [2.45, 2.75) is 96.7 Å². The van der Waals surface area contributed by atoms with Gasteiger partial charge in [-0.15, -0.1) is 0 Å². The fourth-order valence-electron chi connectivity index (χ4n) is 4.15. The van der Waals surface area contributed by atoms with Crippen molar-refractivity contribution < 1.29 is 31.8 Å². The standard InChI is InChI=1S/C25H37N3O9SSi/c1-8-20-21(37-39(6,7)25(3,4)5)13-22(35-20)27-14-17(23(26-24(27)29)36-38(32)33)15-34-16(2)18-11-9-10-12-19(18)28(30)31/h9-12,14,16,20-22H,8,13,15H2,1-7H3,(H,32,33)/p-1/t16?,20-,21?,22-/m1/s1. The minimum atomic E-state index is -2.99. The molecule has 1 saturated heterocycles. The zero-order valence-corrected chi connectivity index (χ0v) is 25.1. The molecule has 14 heteroatoms. The Kier molecular flexibility index (Phi) is 9.83. The van der Waals surface area contributed by atoms with Gasteiger partial charge in [-0.05, 0) is 37.5 Å². The van der Waals surface area contributed by atoms with E-state index in [1.165, 1.54) is 16.8 Å². The normalized spacial score (nSPS) is 21.5. The third kappa shape index (κ3) is 7.38. The van der Waals surface area contributed by atoms with Crippen LogP contribution in [0.1, 0.15) is 70.9 Å². The Morgan fingerprint density at radius 3 is 2.56 bits per heavy atom. The van der Waals surface area contributed by atoms with E-state index in [1.54, 1.807) is 25.1 Å². The SMILES string of the molecule is CC[C@H]1O[C@@H](n2cc(COC(C)c3ccccc3[N+](=O)[O-])c(OS(=O)[O-])nc2=O)CC1O[Si](C)(C)C(C)(C)C. The molecule has 0 saturated carbocycles. The maximum Gasteiger partial charge on any atom is 0.353 e. The molecule has 2 heterocycles. The van der Waals surface area contributed by atoms with Gasteiger partial charge in [0.25, 0.3) is 5.69 Å². The highest BCUT2D eigenvalue weighted by molar-refractivity contribution is 7.74. The van der Waals surface area contributed by atoms with Crippen molar-refractivity contribution >= 4 is 25.4 Å². The summed E-state index contributed by atoms with van der Waals surface area (Å²) in [6, 6.07) is 6.15. The first-order valence-electron chi connectivity index (χ1n) is 12.7. The first-order valence-corrected chi connectivity index (χ1v) is 16.6. The molecule has 39 heavy (non-hydrogen) atoms. The van der Waals surface area contributed by atoms with Gasteiger partial charge in [-0.2, -0.15) is 4.98 Å². The summed E-state index contributed by atoms with van der Waals surface area (Å²) in [6.45, 7) is 14.1. The van der Waals surface area contributed by atoms with E-state index in [-0.39, 0.29) is 35.1 Å². The van der Waals surface area contributed by atoms with Crippen LogP contribution < -0.4 is 9.87 Å². The van der Waals surface area contributed by atoms with Crippen molar-refractivity contribution in [3.05, 3.63) is 62.2 Å². The molecule has 5 atom stereocenters. The molecule has 0 N–H and O–H groups in total.